The van der Waals surface area contributed by atoms with E-state index in [2.05, 4.69) is 10.3 Å². The zero-order chi connectivity index (χ0) is 15.7. The molecule has 1 atom stereocenters. The summed E-state index contributed by atoms with van der Waals surface area (Å²) in [5, 5.41) is 18.2. The number of aromatic nitrogens is 1. The van der Waals surface area contributed by atoms with E-state index in [9.17, 15) is 0 Å². The first-order chi connectivity index (χ1) is 10.0. The van der Waals surface area contributed by atoms with E-state index in [-0.39, 0.29) is 0 Å². The highest BCUT2D eigenvalue weighted by Gasteiger charge is 2.13. The van der Waals surface area contributed by atoms with Crippen molar-refractivity contribution in [3.8, 4) is 5.75 Å². The van der Waals surface area contributed by atoms with Gasteiger partial charge in [-0.1, -0.05) is 0 Å². The molecule has 3 N–H and O–H groups in total. The monoisotopic (exact) mass is 296 g/mol. The summed E-state index contributed by atoms with van der Waals surface area (Å²) in [5.41, 5.74) is 0.973. The molecular formula is C14H20N2O5. The van der Waals surface area contributed by atoms with Gasteiger partial charge in [0.25, 0.3) is 0 Å². The molecule has 0 amide bonds. The minimum Gasteiger partial charge on any atom is -0.491 e. The van der Waals surface area contributed by atoms with Crippen LogP contribution in [0, 0.1) is 12.8 Å². The summed E-state index contributed by atoms with van der Waals surface area (Å²) >= 11 is 0. The van der Waals surface area contributed by atoms with E-state index < -0.39 is 11.9 Å². The van der Waals surface area contributed by atoms with Crippen molar-refractivity contribution < 1.29 is 24.5 Å². The van der Waals surface area contributed by atoms with Crippen LogP contribution in [0.25, 0.3) is 0 Å². The van der Waals surface area contributed by atoms with Gasteiger partial charge in [0.05, 0.1) is 12.3 Å². The van der Waals surface area contributed by atoms with Crippen LogP contribution in [-0.4, -0.2) is 46.8 Å². The third kappa shape index (κ3) is 6.71. The maximum absolute atomic E-state index is 9.10. The Kier molecular flexibility index (Phi) is 7.17. The normalized spacial score (nSPS) is 17.3. The maximum atomic E-state index is 9.10. The number of carboxylic acids is 2. The van der Waals surface area contributed by atoms with Crippen LogP contribution in [0.15, 0.2) is 18.3 Å². The smallest absolute Gasteiger partial charge is 0.414 e. The van der Waals surface area contributed by atoms with Crippen molar-refractivity contribution in [1.82, 2.24) is 10.3 Å². The fourth-order valence-electron chi connectivity index (χ4n) is 1.90. The molecule has 0 saturated carbocycles. The average molecular weight is 296 g/mol. The van der Waals surface area contributed by atoms with Crippen LogP contribution in [0.1, 0.15) is 18.5 Å². The Morgan fingerprint density at radius 2 is 2.14 bits per heavy atom. The van der Waals surface area contributed by atoms with Crippen molar-refractivity contribution in [2.24, 2.45) is 5.92 Å². The van der Waals surface area contributed by atoms with Gasteiger partial charge in [0.1, 0.15) is 5.75 Å². The van der Waals surface area contributed by atoms with Crippen LogP contribution in [0.3, 0.4) is 0 Å². The van der Waals surface area contributed by atoms with Gasteiger partial charge in [0, 0.05) is 18.7 Å². The SMILES string of the molecule is Cc1ncccc1OCC1CCCNC1.O=C(O)C(=O)O. The fourth-order valence-corrected chi connectivity index (χ4v) is 1.90. The number of hydrogen-bond acceptors (Lipinski definition) is 5. The van der Waals surface area contributed by atoms with E-state index in [4.69, 9.17) is 24.5 Å². The summed E-state index contributed by atoms with van der Waals surface area (Å²) in [6, 6.07) is 3.90. The van der Waals surface area contributed by atoms with Crippen LogP contribution in [0.4, 0.5) is 0 Å². The number of carbonyl (C=O) groups is 2. The topological polar surface area (TPSA) is 109 Å². The summed E-state index contributed by atoms with van der Waals surface area (Å²) in [6.45, 7) is 5.02. The van der Waals surface area contributed by atoms with E-state index in [1.165, 1.54) is 12.8 Å². The molecule has 0 bridgehead atoms. The number of aryl methyl sites for hydroxylation is 1. The molecule has 2 rings (SSSR count). The number of nitrogens with zero attached hydrogens (tertiary/aromatic N) is 1. The van der Waals surface area contributed by atoms with Gasteiger partial charge in [0.15, 0.2) is 0 Å². The molecule has 7 nitrogen and oxygen atoms in total. The Morgan fingerprint density at radius 3 is 2.67 bits per heavy atom. The second-order valence-electron chi connectivity index (χ2n) is 4.72. The van der Waals surface area contributed by atoms with Gasteiger partial charge in [0.2, 0.25) is 0 Å². The largest absolute Gasteiger partial charge is 0.491 e. The van der Waals surface area contributed by atoms with Gasteiger partial charge in [-0.2, -0.15) is 0 Å². The standard InChI is InChI=1S/C12H18N2O.C2H2O4/c1-10-12(5-3-7-14-10)15-9-11-4-2-6-13-8-11;3-1(4)2(5)6/h3,5,7,11,13H,2,4,6,8-9H2,1H3;(H,3,4)(H,5,6). The second-order valence-corrected chi connectivity index (χ2v) is 4.72. The molecule has 1 unspecified atom stereocenters. The number of nitrogens with one attached hydrogen (secondary N) is 1. The minimum atomic E-state index is -1.82. The van der Waals surface area contributed by atoms with E-state index >= 15 is 0 Å². The number of ether oxygens (including phenoxy) is 1. The molecule has 1 saturated heterocycles. The predicted octanol–water partition coefficient (Wildman–Crippen LogP) is 0.924. The van der Waals surface area contributed by atoms with Gasteiger partial charge in [-0.15, -0.1) is 0 Å². The van der Waals surface area contributed by atoms with E-state index in [0.717, 1.165) is 31.1 Å². The lowest BCUT2D eigenvalue weighted by molar-refractivity contribution is -0.159. The predicted molar refractivity (Wildman–Crippen MR) is 75.3 cm³/mol. The fraction of sp³-hybridized carbons (Fsp3) is 0.500. The van der Waals surface area contributed by atoms with Crippen LogP contribution >= 0.6 is 0 Å². The quantitative estimate of drug-likeness (QED) is 0.712. The number of piperidine rings is 1. The summed E-state index contributed by atoms with van der Waals surface area (Å²) < 4.78 is 5.77. The molecule has 1 aromatic rings. The van der Waals surface area contributed by atoms with Crippen molar-refractivity contribution in [3.05, 3.63) is 24.0 Å². The highest BCUT2D eigenvalue weighted by Crippen LogP contribution is 2.17. The maximum Gasteiger partial charge on any atom is 0.414 e. The molecule has 1 aliphatic rings. The van der Waals surface area contributed by atoms with Gasteiger partial charge < -0.3 is 20.3 Å². The molecule has 21 heavy (non-hydrogen) atoms. The van der Waals surface area contributed by atoms with Crippen molar-refractivity contribution >= 4 is 11.9 Å². The first kappa shape index (κ1) is 16.9. The summed E-state index contributed by atoms with van der Waals surface area (Å²) in [7, 11) is 0. The van der Waals surface area contributed by atoms with Gasteiger partial charge in [-0.05, 0) is 38.4 Å². The molecule has 1 aliphatic heterocycles. The molecule has 2 heterocycles. The van der Waals surface area contributed by atoms with Gasteiger partial charge in [-0.25, -0.2) is 9.59 Å². The first-order valence-electron chi connectivity index (χ1n) is 6.72. The molecule has 1 fully saturated rings. The number of rotatable bonds is 3. The highest BCUT2D eigenvalue weighted by molar-refractivity contribution is 6.27. The molecule has 0 spiro atoms. The number of aliphatic carboxylic acids is 2. The lowest BCUT2D eigenvalue weighted by Crippen LogP contribution is -2.33. The number of pyridine rings is 1. The Balaban J connectivity index is 0.000000315. The second kappa shape index (κ2) is 8.91. The number of carboxylic acid groups (broad SMARTS) is 2. The van der Waals surface area contributed by atoms with E-state index in [0.29, 0.717) is 5.92 Å². The van der Waals surface area contributed by atoms with Gasteiger partial charge in [-0.3, -0.25) is 4.98 Å². The minimum absolute atomic E-state index is 0.651. The summed E-state index contributed by atoms with van der Waals surface area (Å²) in [4.78, 5) is 22.4. The molecule has 7 heteroatoms. The summed E-state index contributed by atoms with van der Waals surface area (Å²) in [6.07, 6.45) is 4.33. The third-order valence-corrected chi connectivity index (χ3v) is 3.01. The van der Waals surface area contributed by atoms with Crippen LogP contribution in [-0.2, 0) is 9.59 Å². The Hall–Kier alpha value is -2.15. The average Bonchev–Trinajstić information content (AvgIpc) is 2.48. The van der Waals surface area contributed by atoms with Crippen molar-refractivity contribution in [2.75, 3.05) is 19.7 Å². The zero-order valence-corrected chi connectivity index (χ0v) is 11.9. The van der Waals surface area contributed by atoms with Crippen LogP contribution < -0.4 is 10.1 Å². The van der Waals surface area contributed by atoms with E-state index in [1.54, 1.807) is 6.20 Å². The Bertz CT molecular complexity index is 460. The molecule has 1 aromatic heterocycles. The van der Waals surface area contributed by atoms with Crippen LogP contribution in [0.2, 0.25) is 0 Å². The van der Waals surface area contributed by atoms with Crippen molar-refractivity contribution in [3.63, 3.8) is 0 Å². The zero-order valence-electron chi connectivity index (χ0n) is 11.9. The van der Waals surface area contributed by atoms with Crippen molar-refractivity contribution in [1.29, 1.82) is 0 Å². The van der Waals surface area contributed by atoms with E-state index in [1.807, 2.05) is 19.1 Å². The lowest BCUT2D eigenvalue weighted by Gasteiger charge is -2.22. The molecular weight excluding hydrogens is 276 g/mol. The van der Waals surface area contributed by atoms with Crippen molar-refractivity contribution in [2.45, 2.75) is 19.8 Å². The number of hydrogen-bond donors (Lipinski definition) is 3. The first-order valence-corrected chi connectivity index (χ1v) is 6.72. The van der Waals surface area contributed by atoms with Gasteiger partial charge >= 0.3 is 11.9 Å². The Labute approximate surface area is 123 Å². The molecule has 0 radical (unpaired) electrons. The lowest BCUT2D eigenvalue weighted by atomic mass is 10.0. The molecule has 0 aromatic carbocycles. The molecule has 0 aliphatic carbocycles. The Morgan fingerprint density at radius 1 is 1.43 bits per heavy atom. The summed E-state index contributed by atoms with van der Waals surface area (Å²) in [5.74, 6) is -2.08. The third-order valence-electron chi connectivity index (χ3n) is 3.01. The molecule has 116 valence electrons. The van der Waals surface area contributed by atoms with Crippen LogP contribution in [0.5, 0.6) is 5.75 Å². The highest BCUT2D eigenvalue weighted by atomic mass is 16.5.